The molecular weight excluding hydrogens is 386 g/mol. The van der Waals surface area contributed by atoms with E-state index in [4.69, 9.17) is 4.74 Å². The Kier molecular flexibility index (Phi) is 6.55. The van der Waals surface area contributed by atoms with Gasteiger partial charge in [-0.15, -0.1) is 0 Å². The van der Waals surface area contributed by atoms with Crippen LogP contribution in [0.25, 0.3) is 6.08 Å². The predicted octanol–water partition coefficient (Wildman–Crippen LogP) is 3.49. The largest absolute Gasteiger partial charge is 0.372 e. The van der Waals surface area contributed by atoms with Gasteiger partial charge in [0.2, 0.25) is 5.91 Å². The Morgan fingerprint density at radius 2 is 1.74 bits per heavy atom. The van der Waals surface area contributed by atoms with E-state index in [1.54, 1.807) is 24.5 Å². The molecule has 1 fully saturated rings. The summed E-state index contributed by atoms with van der Waals surface area (Å²) in [6, 6.07) is 23.9. The Hall–Kier alpha value is -3.28. The van der Waals surface area contributed by atoms with Crippen molar-refractivity contribution in [3.63, 3.8) is 0 Å². The lowest BCUT2D eigenvalue weighted by molar-refractivity contribution is -0.122. The number of pyridine rings is 1. The average Bonchev–Trinajstić information content (AvgIpc) is 2.83. The van der Waals surface area contributed by atoms with Gasteiger partial charge < -0.3 is 15.0 Å². The first-order valence-corrected chi connectivity index (χ1v) is 10.5. The Bertz CT molecular complexity index is 967. The minimum atomic E-state index is -0.826. The molecule has 0 saturated carbocycles. The standard InChI is InChI=1S/C26H27N3O2/c1-29-17-18-31-24(20-29)26(22-10-4-2-5-11-22,23-12-6-3-7-13-23)28-25(30)15-14-21-9-8-16-27-19-21/h2-16,19,24H,17-18,20H2,1H3,(H,28,30). The quantitative estimate of drug-likeness (QED) is 0.629. The van der Waals surface area contributed by atoms with Gasteiger partial charge in [-0.2, -0.15) is 0 Å². The smallest absolute Gasteiger partial charge is 0.245 e. The maximum Gasteiger partial charge on any atom is 0.245 e. The molecular formula is C26H27N3O2. The maximum atomic E-state index is 13.2. The van der Waals surface area contributed by atoms with E-state index in [9.17, 15) is 4.79 Å². The Balaban J connectivity index is 1.77. The fourth-order valence-corrected chi connectivity index (χ4v) is 4.09. The lowest BCUT2D eigenvalue weighted by Gasteiger charge is -2.45. The van der Waals surface area contributed by atoms with Crippen LogP contribution in [0.1, 0.15) is 16.7 Å². The SMILES string of the molecule is CN1CCOC(C(NC(=O)C=Cc2cccnc2)(c2ccccc2)c2ccccc2)C1. The third-order valence-electron chi connectivity index (χ3n) is 5.64. The summed E-state index contributed by atoms with van der Waals surface area (Å²) in [6.45, 7) is 2.19. The van der Waals surface area contributed by atoms with Gasteiger partial charge in [-0.1, -0.05) is 66.7 Å². The zero-order valence-corrected chi connectivity index (χ0v) is 17.6. The third-order valence-corrected chi connectivity index (χ3v) is 5.64. The van der Waals surface area contributed by atoms with E-state index >= 15 is 0 Å². The van der Waals surface area contributed by atoms with Crippen molar-refractivity contribution in [2.45, 2.75) is 11.6 Å². The number of morpholine rings is 1. The van der Waals surface area contributed by atoms with Crippen molar-refractivity contribution in [3.05, 3.63) is 108 Å². The number of nitrogens with one attached hydrogen (secondary N) is 1. The highest BCUT2D eigenvalue weighted by atomic mass is 16.5. The number of hydrogen-bond acceptors (Lipinski definition) is 4. The zero-order valence-electron chi connectivity index (χ0n) is 17.6. The van der Waals surface area contributed by atoms with Gasteiger partial charge in [0.1, 0.15) is 11.6 Å². The number of amides is 1. The summed E-state index contributed by atoms with van der Waals surface area (Å²) in [5, 5.41) is 3.33. The van der Waals surface area contributed by atoms with Gasteiger partial charge in [0, 0.05) is 31.6 Å². The second-order valence-electron chi connectivity index (χ2n) is 7.77. The number of carbonyl (C=O) groups is 1. The van der Waals surface area contributed by atoms with E-state index < -0.39 is 5.54 Å². The third kappa shape index (κ3) is 4.74. The summed E-state index contributed by atoms with van der Waals surface area (Å²) in [5.74, 6) is -0.187. The zero-order chi connectivity index (χ0) is 21.5. The first-order valence-electron chi connectivity index (χ1n) is 10.5. The van der Waals surface area contributed by atoms with Crippen LogP contribution in [0, 0.1) is 0 Å². The van der Waals surface area contributed by atoms with Gasteiger partial charge in [0.25, 0.3) is 0 Å². The second-order valence-corrected chi connectivity index (χ2v) is 7.77. The number of ether oxygens (including phenoxy) is 1. The number of carbonyl (C=O) groups excluding carboxylic acids is 1. The molecule has 1 aromatic heterocycles. The molecule has 158 valence electrons. The molecule has 1 atom stereocenters. The molecule has 5 heteroatoms. The van der Waals surface area contributed by atoms with Crippen molar-refractivity contribution in [3.8, 4) is 0 Å². The highest BCUT2D eigenvalue weighted by Gasteiger charge is 2.45. The van der Waals surface area contributed by atoms with Crippen molar-refractivity contribution in [1.82, 2.24) is 15.2 Å². The van der Waals surface area contributed by atoms with E-state index in [1.165, 1.54) is 0 Å². The van der Waals surface area contributed by atoms with Crippen molar-refractivity contribution in [1.29, 1.82) is 0 Å². The first kappa shape index (κ1) is 21.0. The van der Waals surface area contributed by atoms with Crippen LogP contribution < -0.4 is 5.32 Å². The first-order chi connectivity index (χ1) is 15.2. The fourth-order valence-electron chi connectivity index (χ4n) is 4.09. The Labute approximate surface area is 183 Å². The van der Waals surface area contributed by atoms with Crippen LogP contribution >= 0.6 is 0 Å². The van der Waals surface area contributed by atoms with Gasteiger partial charge in [0.15, 0.2) is 0 Å². The molecule has 31 heavy (non-hydrogen) atoms. The summed E-state index contributed by atoms with van der Waals surface area (Å²) in [6.07, 6.45) is 6.53. The summed E-state index contributed by atoms with van der Waals surface area (Å²) in [5.41, 5.74) is 2.03. The van der Waals surface area contributed by atoms with Crippen LogP contribution in [0.4, 0.5) is 0 Å². The monoisotopic (exact) mass is 413 g/mol. The van der Waals surface area contributed by atoms with E-state index in [0.29, 0.717) is 13.2 Å². The highest BCUT2D eigenvalue weighted by molar-refractivity contribution is 5.92. The summed E-state index contributed by atoms with van der Waals surface area (Å²) in [7, 11) is 2.08. The Morgan fingerprint density at radius 3 is 2.32 bits per heavy atom. The molecule has 5 nitrogen and oxygen atoms in total. The van der Waals surface area contributed by atoms with Crippen LogP contribution in [0.15, 0.2) is 91.3 Å². The number of aromatic nitrogens is 1. The van der Waals surface area contributed by atoms with Crippen LogP contribution in [0.5, 0.6) is 0 Å². The number of benzene rings is 2. The molecule has 1 aliphatic rings. The van der Waals surface area contributed by atoms with E-state index in [2.05, 4.69) is 46.5 Å². The second kappa shape index (κ2) is 9.69. The molecule has 0 spiro atoms. The molecule has 3 aromatic rings. The van der Waals surface area contributed by atoms with Gasteiger partial charge in [-0.3, -0.25) is 9.78 Å². The highest BCUT2D eigenvalue weighted by Crippen LogP contribution is 2.36. The molecule has 2 aromatic carbocycles. The van der Waals surface area contributed by atoms with Crippen LogP contribution in [0.2, 0.25) is 0 Å². The van der Waals surface area contributed by atoms with Crippen LogP contribution in [-0.2, 0) is 15.1 Å². The molecule has 2 heterocycles. The molecule has 1 unspecified atom stereocenters. The fraction of sp³-hybridized carbons (Fsp3) is 0.231. The minimum absolute atomic E-state index is 0.187. The molecule has 4 rings (SSSR count). The number of likely N-dealkylation sites (N-methyl/N-ethyl adjacent to an activating group) is 1. The Morgan fingerprint density at radius 1 is 1.06 bits per heavy atom. The van der Waals surface area contributed by atoms with Crippen molar-refractivity contribution in [2.75, 3.05) is 26.7 Å². The van der Waals surface area contributed by atoms with Crippen LogP contribution in [-0.4, -0.2) is 48.6 Å². The molecule has 1 N–H and O–H groups in total. The molecule has 1 aliphatic heterocycles. The predicted molar refractivity (Wildman–Crippen MR) is 122 cm³/mol. The van der Waals surface area contributed by atoms with Gasteiger partial charge >= 0.3 is 0 Å². The molecule has 0 aliphatic carbocycles. The number of rotatable bonds is 6. The van der Waals surface area contributed by atoms with Crippen molar-refractivity contribution >= 4 is 12.0 Å². The van der Waals surface area contributed by atoms with Crippen molar-refractivity contribution in [2.24, 2.45) is 0 Å². The van der Waals surface area contributed by atoms with E-state index in [0.717, 1.165) is 23.2 Å². The van der Waals surface area contributed by atoms with Gasteiger partial charge in [-0.25, -0.2) is 0 Å². The van der Waals surface area contributed by atoms with Gasteiger partial charge in [0.05, 0.1) is 6.61 Å². The van der Waals surface area contributed by atoms with E-state index in [1.807, 2.05) is 48.5 Å². The lowest BCUT2D eigenvalue weighted by Crippen LogP contribution is -2.60. The molecule has 1 amide bonds. The van der Waals surface area contributed by atoms with Crippen LogP contribution in [0.3, 0.4) is 0 Å². The maximum absolute atomic E-state index is 13.2. The topological polar surface area (TPSA) is 54.5 Å². The number of hydrogen-bond donors (Lipinski definition) is 1. The number of nitrogens with zero attached hydrogens (tertiary/aromatic N) is 2. The van der Waals surface area contributed by atoms with E-state index in [-0.39, 0.29) is 12.0 Å². The molecule has 0 bridgehead atoms. The summed E-state index contributed by atoms with van der Waals surface area (Å²) in [4.78, 5) is 19.6. The van der Waals surface area contributed by atoms with Crippen molar-refractivity contribution < 1.29 is 9.53 Å². The molecule has 1 saturated heterocycles. The average molecular weight is 414 g/mol. The lowest BCUT2D eigenvalue weighted by atomic mass is 9.77. The van der Waals surface area contributed by atoms with Gasteiger partial charge in [-0.05, 0) is 35.9 Å². The minimum Gasteiger partial charge on any atom is -0.372 e. The normalized spacial score (nSPS) is 17.5. The summed E-state index contributed by atoms with van der Waals surface area (Å²) >= 11 is 0. The molecule has 0 radical (unpaired) electrons. The summed E-state index contributed by atoms with van der Waals surface area (Å²) < 4.78 is 6.30.